The monoisotopic (exact) mass is 504 g/mol. The number of aryl methyl sites for hydroxylation is 2. The van der Waals surface area contributed by atoms with E-state index in [-0.39, 0.29) is 41.7 Å². The van der Waals surface area contributed by atoms with Gasteiger partial charge < -0.3 is 20.5 Å². The van der Waals surface area contributed by atoms with E-state index in [1.54, 1.807) is 26.1 Å². The third-order valence-electron chi connectivity index (χ3n) is 6.16. The van der Waals surface area contributed by atoms with Gasteiger partial charge in [0.05, 0.1) is 16.8 Å². The van der Waals surface area contributed by atoms with E-state index in [0.29, 0.717) is 16.8 Å². The van der Waals surface area contributed by atoms with Crippen LogP contribution in [0.15, 0.2) is 24.4 Å². The molecule has 2 amide bonds. The molecular formula is C25H27F3N4O4. The maximum atomic E-state index is 14.9. The summed E-state index contributed by atoms with van der Waals surface area (Å²) in [7, 11) is 0. The van der Waals surface area contributed by atoms with Crippen molar-refractivity contribution in [2.75, 3.05) is 13.2 Å². The third-order valence-corrected chi connectivity index (χ3v) is 6.16. The van der Waals surface area contributed by atoms with E-state index >= 15 is 0 Å². The first-order chi connectivity index (χ1) is 17.0. The number of amides is 2. The first-order valence-electron chi connectivity index (χ1n) is 11.5. The molecule has 1 atom stereocenters. The van der Waals surface area contributed by atoms with Crippen LogP contribution in [0.5, 0.6) is 5.75 Å². The van der Waals surface area contributed by atoms with Gasteiger partial charge in [-0.2, -0.15) is 0 Å². The molecule has 4 rings (SSSR count). The average Bonchev–Trinajstić information content (AvgIpc) is 3.59. The summed E-state index contributed by atoms with van der Waals surface area (Å²) >= 11 is 0. The maximum Gasteiger partial charge on any atom is 0.405 e. The van der Waals surface area contributed by atoms with E-state index in [0.717, 1.165) is 12.8 Å². The van der Waals surface area contributed by atoms with Crippen LogP contribution in [0.4, 0.5) is 18.0 Å². The first kappa shape index (κ1) is 25.3. The number of nitrogens with zero attached hydrogens (tertiary/aromatic N) is 2. The van der Waals surface area contributed by atoms with E-state index in [1.165, 1.54) is 23.5 Å². The number of imidazole rings is 1. The van der Waals surface area contributed by atoms with E-state index in [1.807, 2.05) is 0 Å². The number of rotatable bonds is 9. The Morgan fingerprint density at radius 1 is 1.28 bits per heavy atom. The van der Waals surface area contributed by atoms with Crippen molar-refractivity contribution < 1.29 is 32.6 Å². The number of halogens is 3. The quantitative estimate of drug-likeness (QED) is 0.400. The third kappa shape index (κ3) is 5.09. The van der Waals surface area contributed by atoms with Gasteiger partial charge in [-0.1, -0.05) is 6.07 Å². The van der Waals surface area contributed by atoms with Crippen molar-refractivity contribution in [3.63, 3.8) is 0 Å². The molecule has 0 spiro atoms. The number of carbonyl (C=O) groups excluding carboxylic acids is 1. The number of carbonyl (C=O) groups is 2. The van der Waals surface area contributed by atoms with Gasteiger partial charge >= 0.3 is 6.09 Å². The van der Waals surface area contributed by atoms with Crippen molar-refractivity contribution in [3.05, 3.63) is 64.1 Å². The molecule has 192 valence electrons. The molecule has 2 aromatic heterocycles. The van der Waals surface area contributed by atoms with Gasteiger partial charge in [0, 0.05) is 12.7 Å². The van der Waals surface area contributed by atoms with E-state index < -0.39 is 35.8 Å². The smallest absolute Gasteiger partial charge is 0.405 e. The van der Waals surface area contributed by atoms with Gasteiger partial charge in [0.2, 0.25) is 0 Å². The number of carboxylic acid groups (broad SMARTS) is 1. The average molecular weight is 505 g/mol. The number of aromatic nitrogens is 2. The number of hydrogen-bond acceptors (Lipinski definition) is 4. The summed E-state index contributed by atoms with van der Waals surface area (Å²) in [5.74, 6) is -1.57. The highest BCUT2D eigenvalue weighted by Gasteiger charge is 2.30. The summed E-state index contributed by atoms with van der Waals surface area (Å²) in [5, 5.41) is 13.5. The highest BCUT2D eigenvalue weighted by atomic mass is 19.1. The van der Waals surface area contributed by atoms with Crippen LogP contribution >= 0.6 is 0 Å². The molecule has 0 radical (unpaired) electrons. The maximum absolute atomic E-state index is 14.9. The lowest BCUT2D eigenvalue weighted by Crippen LogP contribution is -2.55. The van der Waals surface area contributed by atoms with Gasteiger partial charge in [-0.25, -0.2) is 22.9 Å². The van der Waals surface area contributed by atoms with Crippen LogP contribution in [0.2, 0.25) is 0 Å². The Morgan fingerprint density at radius 3 is 2.64 bits per heavy atom. The van der Waals surface area contributed by atoms with Crippen LogP contribution in [-0.2, 0) is 6.61 Å². The molecule has 2 heterocycles. The lowest BCUT2D eigenvalue weighted by molar-refractivity contribution is 0.0926. The van der Waals surface area contributed by atoms with E-state index in [2.05, 4.69) is 15.6 Å². The van der Waals surface area contributed by atoms with E-state index in [9.17, 15) is 22.8 Å². The highest BCUT2D eigenvalue weighted by Crippen LogP contribution is 2.42. The molecule has 0 bridgehead atoms. The van der Waals surface area contributed by atoms with Gasteiger partial charge in [0.25, 0.3) is 5.91 Å². The molecule has 8 nitrogen and oxygen atoms in total. The van der Waals surface area contributed by atoms with Crippen LogP contribution in [0.3, 0.4) is 0 Å². The fourth-order valence-electron chi connectivity index (χ4n) is 4.09. The summed E-state index contributed by atoms with van der Waals surface area (Å²) < 4.78 is 50.0. The molecule has 1 fully saturated rings. The number of benzene rings is 1. The second kappa shape index (κ2) is 9.71. The zero-order chi connectivity index (χ0) is 26.2. The Kier molecular flexibility index (Phi) is 6.83. The van der Waals surface area contributed by atoms with Crippen molar-refractivity contribution in [1.82, 2.24) is 20.0 Å². The van der Waals surface area contributed by atoms with Crippen molar-refractivity contribution in [2.45, 2.75) is 51.7 Å². The number of fused-ring (bicyclic) bond motifs is 1. The Hall–Kier alpha value is -3.76. The van der Waals surface area contributed by atoms with E-state index in [4.69, 9.17) is 9.84 Å². The number of hydrogen-bond donors (Lipinski definition) is 3. The number of nitrogens with one attached hydrogen (secondary N) is 2. The van der Waals surface area contributed by atoms with Crippen LogP contribution in [-0.4, -0.2) is 45.2 Å². The largest absolute Gasteiger partial charge is 0.485 e. The molecule has 36 heavy (non-hydrogen) atoms. The minimum Gasteiger partial charge on any atom is -0.485 e. The van der Waals surface area contributed by atoms with Gasteiger partial charge in [-0.05, 0) is 62.8 Å². The Bertz CT molecular complexity index is 1340. The zero-order valence-corrected chi connectivity index (χ0v) is 20.1. The zero-order valence-electron chi connectivity index (χ0n) is 20.1. The first-order valence-corrected chi connectivity index (χ1v) is 11.5. The fraction of sp³-hybridized carbons (Fsp3) is 0.400. The summed E-state index contributed by atoms with van der Waals surface area (Å²) in [5.41, 5.74) is 0.238. The van der Waals surface area contributed by atoms with Gasteiger partial charge in [-0.3, -0.25) is 9.20 Å². The summed E-state index contributed by atoms with van der Waals surface area (Å²) in [6.45, 7) is 3.00. The van der Waals surface area contributed by atoms with Crippen molar-refractivity contribution in [1.29, 1.82) is 0 Å². The molecule has 1 aliphatic carbocycles. The lowest BCUT2D eigenvalue weighted by atomic mass is 10.1. The minimum absolute atomic E-state index is 0.107. The van der Waals surface area contributed by atoms with Crippen LogP contribution in [0, 0.1) is 25.5 Å². The molecule has 3 N–H and O–H groups in total. The van der Waals surface area contributed by atoms with Gasteiger partial charge in [0.15, 0.2) is 11.4 Å². The second-order valence-electron chi connectivity index (χ2n) is 9.42. The fourth-order valence-corrected chi connectivity index (χ4v) is 4.09. The molecule has 1 aliphatic rings. The van der Waals surface area contributed by atoms with Gasteiger partial charge in [0.1, 0.15) is 30.6 Å². The van der Waals surface area contributed by atoms with Crippen molar-refractivity contribution >= 4 is 17.6 Å². The normalized spacial score (nSPS) is 14.9. The topological polar surface area (TPSA) is 105 Å². The highest BCUT2D eigenvalue weighted by molar-refractivity contribution is 5.95. The van der Waals surface area contributed by atoms with Crippen LogP contribution in [0.1, 0.15) is 58.6 Å². The molecule has 0 aliphatic heterocycles. The molecular weight excluding hydrogens is 477 g/mol. The summed E-state index contributed by atoms with van der Waals surface area (Å²) in [6, 6.07) is 4.37. The number of ether oxygens (including phenoxy) is 1. The SMILES string of the molecule is Cc1cc(OCc2c(F)ccc(C3CC3)c2F)c2nc(C)c(C(=O)NCC(C)(CF)NC(=O)O)n2c1. The Balaban J connectivity index is 1.60. The molecule has 1 saturated carbocycles. The Morgan fingerprint density at radius 2 is 2.00 bits per heavy atom. The molecule has 11 heteroatoms. The standard InChI is InChI=1S/C25H27F3N4O4/c1-13-8-19(36-10-17-18(27)7-6-16(20(17)28)15-4-5-15)22-30-14(2)21(32(22)9-13)23(33)29-12-25(3,11-26)31-24(34)35/h6-9,15,31H,4-5,10-12H2,1-3H3,(H,29,33)(H,34,35). The second-order valence-corrected chi connectivity index (χ2v) is 9.42. The molecule has 0 saturated heterocycles. The van der Waals surface area contributed by atoms with Gasteiger partial charge in [-0.15, -0.1) is 0 Å². The Labute approximate surface area is 205 Å². The molecule has 1 unspecified atom stereocenters. The van der Waals surface area contributed by atoms with Crippen LogP contribution < -0.4 is 15.4 Å². The van der Waals surface area contributed by atoms with Crippen molar-refractivity contribution in [2.24, 2.45) is 0 Å². The summed E-state index contributed by atoms with van der Waals surface area (Å²) in [6.07, 6.45) is 1.98. The molecule has 1 aromatic carbocycles. The predicted octanol–water partition coefficient (Wildman–Crippen LogP) is 4.41. The number of alkyl halides is 1. The minimum atomic E-state index is -1.51. The van der Waals surface area contributed by atoms with Crippen LogP contribution in [0.25, 0.3) is 5.65 Å². The summed E-state index contributed by atoms with van der Waals surface area (Å²) in [4.78, 5) is 28.3. The molecule has 3 aromatic rings. The number of pyridine rings is 1. The predicted molar refractivity (Wildman–Crippen MR) is 125 cm³/mol. The van der Waals surface area contributed by atoms with Crippen molar-refractivity contribution in [3.8, 4) is 5.75 Å². The lowest BCUT2D eigenvalue weighted by Gasteiger charge is -2.26.